The van der Waals surface area contributed by atoms with Crippen molar-refractivity contribution in [3.05, 3.63) is 69.3 Å². The van der Waals surface area contributed by atoms with Crippen molar-refractivity contribution in [3.63, 3.8) is 0 Å². The van der Waals surface area contributed by atoms with Crippen molar-refractivity contribution in [1.29, 1.82) is 0 Å². The molecule has 0 amide bonds. The van der Waals surface area contributed by atoms with Crippen molar-refractivity contribution in [2.45, 2.75) is 13.1 Å². The van der Waals surface area contributed by atoms with Crippen molar-refractivity contribution in [3.8, 4) is 0 Å². The Labute approximate surface area is 129 Å². The number of thiophene rings is 1. The number of hydrogen-bond acceptors (Lipinski definition) is 2. The maximum absolute atomic E-state index is 13.2. The molecule has 3 aromatic rings. The Kier molecular flexibility index (Phi) is 4.15. The largest absolute Gasteiger partial charge is 0.309 e. The number of halogens is 2. The molecule has 102 valence electrons. The molecule has 1 nitrogen and oxygen atoms in total. The average Bonchev–Trinajstić information content (AvgIpc) is 2.86. The fourth-order valence-electron chi connectivity index (χ4n) is 2.18. The summed E-state index contributed by atoms with van der Waals surface area (Å²) in [4.78, 5) is 0. The van der Waals surface area contributed by atoms with E-state index < -0.39 is 0 Å². The SMILES string of the molecule is Fc1ccc(Br)c(CNCc2csc3ccccc23)c1. The van der Waals surface area contributed by atoms with Crippen LogP contribution in [0.3, 0.4) is 0 Å². The van der Waals surface area contributed by atoms with Gasteiger partial charge in [0, 0.05) is 22.3 Å². The molecule has 0 saturated heterocycles. The first-order valence-corrected chi connectivity index (χ1v) is 8.01. The summed E-state index contributed by atoms with van der Waals surface area (Å²) in [6, 6.07) is 13.1. The number of benzene rings is 2. The molecule has 0 aliphatic heterocycles. The van der Waals surface area contributed by atoms with Gasteiger partial charge in [-0.05, 0) is 46.2 Å². The van der Waals surface area contributed by atoms with Gasteiger partial charge in [0.1, 0.15) is 5.82 Å². The first-order valence-electron chi connectivity index (χ1n) is 6.34. The van der Waals surface area contributed by atoms with E-state index in [0.717, 1.165) is 16.6 Å². The second kappa shape index (κ2) is 6.04. The van der Waals surface area contributed by atoms with Crippen LogP contribution in [-0.4, -0.2) is 0 Å². The Bertz CT molecular complexity index is 738. The van der Waals surface area contributed by atoms with E-state index in [2.05, 4.69) is 50.9 Å². The Morgan fingerprint density at radius 1 is 1.05 bits per heavy atom. The van der Waals surface area contributed by atoms with Gasteiger partial charge in [0.15, 0.2) is 0 Å². The van der Waals surface area contributed by atoms with Gasteiger partial charge in [0.05, 0.1) is 0 Å². The van der Waals surface area contributed by atoms with Crippen LogP contribution in [0, 0.1) is 5.82 Å². The van der Waals surface area contributed by atoms with Crippen molar-refractivity contribution in [1.82, 2.24) is 5.32 Å². The van der Waals surface area contributed by atoms with Crippen LogP contribution in [0.1, 0.15) is 11.1 Å². The predicted octanol–water partition coefficient (Wildman–Crippen LogP) is 5.09. The lowest BCUT2D eigenvalue weighted by Crippen LogP contribution is -2.12. The third-order valence-electron chi connectivity index (χ3n) is 3.20. The van der Waals surface area contributed by atoms with Gasteiger partial charge in [0.25, 0.3) is 0 Å². The zero-order valence-electron chi connectivity index (χ0n) is 10.7. The maximum atomic E-state index is 13.2. The lowest BCUT2D eigenvalue weighted by molar-refractivity contribution is 0.619. The summed E-state index contributed by atoms with van der Waals surface area (Å²) in [5, 5.41) is 6.85. The van der Waals surface area contributed by atoms with Crippen LogP contribution in [0.15, 0.2) is 52.3 Å². The summed E-state index contributed by atoms with van der Waals surface area (Å²) in [6.45, 7) is 1.43. The van der Waals surface area contributed by atoms with E-state index in [1.54, 1.807) is 23.5 Å². The van der Waals surface area contributed by atoms with Gasteiger partial charge in [0.2, 0.25) is 0 Å². The number of nitrogens with one attached hydrogen (secondary N) is 1. The van der Waals surface area contributed by atoms with Crippen LogP contribution in [0.2, 0.25) is 0 Å². The maximum Gasteiger partial charge on any atom is 0.123 e. The van der Waals surface area contributed by atoms with E-state index in [1.165, 1.54) is 21.7 Å². The molecule has 0 fully saturated rings. The lowest BCUT2D eigenvalue weighted by atomic mass is 10.1. The van der Waals surface area contributed by atoms with Gasteiger partial charge < -0.3 is 5.32 Å². The van der Waals surface area contributed by atoms with Crippen LogP contribution in [0.4, 0.5) is 4.39 Å². The van der Waals surface area contributed by atoms with Crippen LogP contribution in [-0.2, 0) is 13.1 Å². The molecule has 0 unspecified atom stereocenters. The molecule has 0 aliphatic rings. The second-order valence-electron chi connectivity index (χ2n) is 4.60. The molecule has 20 heavy (non-hydrogen) atoms. The molecule has 4 heteroatoms. The zero-order chi connectivity index (χ0) is 13.9. The highest BCUT2D eigenvalue weighted by atomic mass is 79.9. The fourth-order valence-corrected chi connectivity index (χ4v) is 3.53. The summed E-state index contributed by atoms with van der Waals surface area (Å²) in [6.07, 6.45) is 0. The number of rotatable bonds is 4. The first-order chi connectivity index (χ1) is 9.74. The Balaban J connectivity index is 1.69. The molecule has 1 aromatic heterocycles. The Hall–Kier alpha value is -1.23. The summed E-state index contributed by atoms with van der Waals surface area (Å²) in [7, 11) is 0. The minimum atomic E-state index is -0.203. The van der Waals surface area contributed by atoms with E-state index in [4.69, 9.17) is 0 Å². The summed E-state index contributed by atoms with van der Waals surface area (Å²) in [5.41, 5.74) is 2.22. The van der Waals surface area contributed by atoms with Crippen LogP contribution in [0.5, 0.6) is 0 Å². The molecule has 3 rings (SSSR count). The summed E-state index contributed by atoms with van der Waals surface area (Å²) >= 11 is 5.20. The van der Waals surface area contributed by atoms with Gasteiger partial charge in [-0.1, -0.05) is 34.1 Å². The fraction of sp³-hybridized carbons (Fsp3) is 0.125. The smallest absolute Gasteiger partial charge is 0.123 e. The molecule has 0 aliphatic carbocycles. The second-order valence-corrected chi connectivity index (χ2v) is 6.36. The van der Waals surface area contributed by atoms with E-state index in [9.17, 15) is 4.39 Å². The van der Waals surface area contributed by atoms with Crippen LogP contribution in [0.25, 0.3) is 10.1 Å². The van der Waals surface area contributed by atoms with Crippen LogP contribution >= 0.6 is 27.3 Å². The van der Waals surface area contributed by atoms with Gasteiger partial charge in [-0.15, -0.1) is 11.3 Å². The molecule has 0 radical (unpaired) electrons. The van der Waals surface area contributed by atoms with E-state index in [0.29, 0.717) is 6.54 Å². The van der Waals surface area contributed by atoms with Crippen molar-refractivity contribution < 1.29 is 4.39 Å². The molecule has 0 bridgehead atoms. The molecular formula is C16H13BrFNS. The minimum absolute atomic E-state index is 0.203. The predicted molar refractivity (Wildman–Crippen MR) is 86.5 cm³/mol. The van der Waals surface area contributed by atoms with E-state index >= 15 is 0 Å². The molecule has 0 saturated carbocycles. The third kappa shape index (κ3) is 2.92. The van der Waals surface area contributed by atoms with Crippen molar-refractivity contribution in [2.24, 2.45) is 0 Å². The highest BCUT2D eigenvalue weighted by Crippen LogP contribution is 2.25. The van der Waals surface area contributed by atoms with Gasteiger partial charge in [-0.3, -0.25) is 0 Å². The molecule has 1 heterocycles. The Morgan fingerprint density at radius 2 is 1.85 bits per heavy atom. The summed E-state index contributed by atoms with van der Waals surface area (Å²) < 4.78 is 15.4. The first kappa shape index (κ1) is 13.7. The normalized spacial score (nSPS) is 11.1. The van der Waals surface area contributed by atoms with E-state index in [1.807, 2.05) is 0 Å². The molecule has 0 spiro atoms. The Morgan fingerprint density at radius 3 is 2.75 bits per heavy atom. The standard InChI is InChI=1S/C16H13BrFNS/c17-15-6-5-13(18)7-11(15)8-19-9-12-10-20-16-4-2-1-3-14(12)16/h1-7,10,19H,8-9H2. The van der Waals surface area contributed by atoms with E-state index in [-0.39, 0.29) is 5.82 Å². The average molecular weight is 350 g/mol. The quantitative estimate of drug-likeness (QED) is 0.691. The molecule has 0 atom stereocenters. The molecular weight excluding hydrogens is 337 g/mol. The van der Waals surface area contributed by atoms with Crippen LogP contribution < -0.4 is 5.32 Å². The topological polar surface area (TPSA) is 12.0 Å². The third-order valence-corrected chi connectivity index (χ3v) is 4.99. The zero-order valence-corrected chi connectivity index (χ0v) is 13.1. The molecule has 2 aromatic carbocycles. The van der Waals surface area contributed by atoms with Gasteiger partial charge in [-0.2, -0.15) is 0 Å². The monoisotopic (exact) mass is 349 g/mol. The van der Waals surface area contributed by atoms with Gasteiger partial charge >= 0.3 is 0 Å². The summed E-state index contributed by atoms with van der Waals surface area (Å²) in [5.74, 6) is -0.203. The van der Waals surface area contributed by atoms with Gasteiger partial charge in [-0.25, -0.2) is 4.39 Å². The highest BCUT2D eigenvalue weighted by molar-refractivity contribution is 9.10. The minimum Gasteiger partial charge on any atom is -0.309 e. The van der Waals surface area contributed by atoms with Crippen molar-refractivity contribution in [2.75, 3.05) is 0 Å². The van der Waals surface area contributed by atoms with Crippen molar-refractivity contribution >= 4 is 37.4 Å². The number of fused-ring (bicyclic) bond motifs is 1. The highest BCUT2D eigenvalue weighted by Gasteiger charge is 2.04. The molecule has 1 N–H and O–H groups in total. The lowest BCUT2D eigenvalue weighted by Gasteiger charge is -2.07. The number of hydrogen-bond donors (Lipinski definition) is 1.